The summed E-state index contributed by atoms with van der Waals surface area (Å²) < 4.78 is 168. The molecule has 60 heavy (non-hydrogen) atoms. The maximum absolute atomic E-state index is 14.1. The van der Waals surface area contributed by atoms with E-state index in [4.69, 9.17) is 0 Å². The van der Waals surface area contributed by atoms with Crippen LogP contribution < -0.4 is 10.6 Å². The molecule has 0 bridgehead atoms. The fourth-order valence-electron chi connectivity index (χ4n) is 5.79. The molecular weight excluding hydrogens is 844 g/mol. The van der Waals surface area contributed by atoms with Gasteiger partial charge in [-0.3, -0.25) is 14.4 Å². The number of nitrogens with one attached hydrogen (secondary N) is 2. The SMILES string of the molecule is CNc1cc(-c2cc(NC(=O)c3cc(C(=O)c4ccc(C(=O)O)c(C(C)=O)c4)ccc3C(=O)O)cc(C(O)(C(F)(F)F)C(F)(F)F)c2)cc(C(O)(C(F)(F)F)C(F)(F)F)c1. The number of aliphatic hydroxyl groups is 2. The number of amides is 1. The maximum atomic E-state index is 14.1. The van der Waals surface area contributed by atoms with E-state index in [9.17, 15) is 97.1 Å². The van der Waals surface area contributed by atoms with E-state index in [1.165, 1.54) is 0 Å². The predicted octanol–water partition coefficient (Wildman–Crippen LogP) is 8.10. The predicted molar refractivity (Wildman–Crippen MR) is 182 cm³/mol. The molecule has 0 aromatic heterocycles. The number of alkyl halides is 12. The number of carboxylic acids is 2. The lowest BCUT2D eigenvalue weighted by Gasteiger charge is -2.34. The number of Topliss-reactive ketones (excluding diaryl/α,β-unsaturated/α-hetero) is 1. The summed E-state index contributed by atoms with van der Waals surface area (Å²) in [6.45, 7) is 0.964. The first kappa shape index (κ1) is 46.2. The number of carbonyl (C=O) groups is 5. The van der Waals surface area contributed by atoms with Crippen LogP contribution in [0.4, 0.5) is 64.1 Å². The Morgan fingerprint density at radius 3 is 1.23 bits per heavy atom. The number of hydrogen-bond acceptors (Lipinski definition) is 8. The Balaban J connectivity index is 1.99. The van der Waals surface area contributed by atoms with E-state index in [1.807, 2.05) is 0 Å². The Hall–Kier alpha value is -6.49. The Labute approximate surface area is 326 Å². The van der Waals surface area contributed by atoms with Crippen LogP contribution in [0.2, 0.25) is 0 Å². The highest BCUT2D eigenvalue weighted by molar-refractivity contribution is 6.16. The van der Waals surface area contributed by atoms with Crippen LogP contribution in [0.25, 0.3) is 11.1 Å². The highest BCUT2D eigenvalue weighted by Crippen LogP contribution is 2.53. The fraction of sp³-hybridized carbons (Fsp3) is 0.216. The van der Waals surface area contributed by atoms with Crippen LogP contribution >= 0.6 is 0 Å². The van der Waals surface area contributed by atoms with Gasteiger partial charge in [0.25, 0.3) is 17.1 Å². The van der Waals surface area contributed by atoms with Crippen molar-refractivity contribution in [3.63, 3.8) is 0 Å². The van der Waals surface area contributed by atoms with Crippen molar-refractivity contribution in [2.24, 2.45) is 0 Å². The van der Waals surface area contributed by atoms with Gasteiger partial charge in [0.2, 0.25) is 0 Å². The first-order valence-corrected chi connectivity index (χ1v) is 16.1. The molecule has 1 amide bonds. The smallest absolute Gasteiger partial charge is 0.430 e. The van der Waals surface area contributed by atoms with Crippen LogP contribution in [0, 0.1) is 0 Å². The monoisotopic (exact) mass is 868 g/mol. The molecule has 0 spiro atoms. The standard InChI is InChI=1S/C37H24F12N2O9/c1-15(52)26-11-16(3-5-24(26)30(55)56)28(53)17-4-6-25(31(57)58)27(12-17)29(54)51-23-10-19(8-21(14-23)33(60,36(44,45)46)37(47,48)49)18-7-20(13-22(9-18)50-2)32(59,34(38,39)40)35(41,42)43/h3-14,50,59-60H,1-2H3,(H,51,54)(H,55,56)(H,57,58). The van der Waals surface area contributed by atoms with Gasteiger partial charge in [-0.1, -0.05) is 12.1 Å². The third kappa shape index (κ3) is 8.34. The Morgan fingerprint density at radius 1 is 0.500 bits per heavy atom. The lowest BCUT2D eigenvalue weighted by Crippen LogP contribution is -2.54. The molecule has 0 heterocycles. The van der Waals surface area contributed by atoms with E-state index in [2.05, 4.69) is 5.32 Å². The second-order valence-corrected chi connectivity index (χ2v) is 12.7. The topological polar surface area (TPSA) is 190 Å². The van der Waals surface area contributed by atoms with Crippen molar-refractivity contribution in [3.05, 3.63) is 117 Å². The zero-order valence-electron chi connectivity index (χ0n) is 29.8. The number of halogens is 12. The molecule has 0 saturated carbocycles. The van der Waals surface area contributed by atoms with Crippen LogP contribution in [0.15, 0.2) is 72.8 Å². The zero-order chi connectivity index (χ0) is 45.7. The van der Waals surface area contributed by atoms with Gasteiger partial charge in [0.05, 0.1) is 16.7 Å². The Bertz CT molecular complexity index is 2390. The van der Waals surface area contributed by atoms with Crippen molar-refractivity contribution < 1.29 is 97.1 Å². The molecule has 0 unspecified atom stereocenters. The molecule has 0 saturated heterocycles. The molecule has 0 aliphatic heterocycles. The molecule has 11 nitrogen and oxygen atoms in total. The van der Waals surface area contributed by atoms with Gasteiger partial charge in [0.1, 0.15) is 0 Å². The van der Waals surface area contributed by atoms with Gasteiger partial charge in [-0.25, -0.2) is 9.59 Å². The fourth-order valence-corrected chi connectivity index (χ4v) is 5.79. The van der Waals surface area contributed by atoms with E-state index in [0.29, 0.717) is 24.3 Å². The van der Waals surface area contributed by atoms with E-state index in [1.54, 1.807) is 5.32 Å². The maximum Gasteiger partial charge on any atom is 0.430 e. The van der Waals surface area contributed by atoms with Gasteiger partial charge in [-0.15, -0.1) is 0 Å². The van der Waals surface area contributed by atoms with Crippen LogP contribution in [0.1, 0.15) is 75.4 Å². The van der Waals surface area contributed by atoms with Gasteiger partial charge in [-0.2, -0.15) is 52.7 Å². The number of hydrogen-bond donors (Lipinski definition) is 6. The molecule has 0 fully saturated rings. The number of ketones is 2. The summed E-state index contributed by atoms with van der Waals surface area (Å²) in [7, 11) is 0.920. The van der Waals surface area contributed by atoms with Crippen molar-refractivity contribution in [3.8, 4) is 11.1 Å². The van der Waals surface area contributed by atoms with E-state index >= 15 is 0 Å². The largest absolute Gasteiger partial charge is 0.478 e. The van der Waals surface area contributed by atoms with Crippen LogP contribution in [-0.4, -0.2) is 81.6 Å². The van der Waals surface area contributed by atoms with Crippen molar-refractivity contribution in [1.82, 2.24) is 0 Å². The second-order valence-electron chi connectivity index (χ2n) is 12.7. The average molecular weight is 869 g/mol. The highest BCUT2D eigenvalue weighted by atomic mass is 19.4. The highest BCUT2D eigenvalue weighted by Gasteiger charge is 2.72. The van der Waals surface area contributed by atoms with Gasteiger partial charge >= 0.3 is 36.6 Å². The van der Waals surface area contributed by atoms with E-state index < -0.39 is 127 Å². The lowest BCUT2D eigenvalue weighted by molar-refractivity contribution is -0.376. The van der Waals surface area contributed by atoms with Gasteiger partial charge in [0.15, 0.2) is 11.6 Å². The number of carboxylic acid groups (broad SMARTS) is 2. The molecule has 0 radical (unpaired) electrons. The quantitative estimate of drug-likeness (QED) is 0.0635. The average Bonchev–Trinajstić information content (AvgIpc) is 3.13. The van der Waals surface area contributed by atoms with Gasteiger partial charge in [0, 0.05) is 46.2 Å². The number of benzene rings is 4. The third-order valence-corrected chi connectivity index (χ3v) is 8.87. The summed E-state index contributed by atoms with van der Waals surface area (Å²) >= 11 is 0. The van der Waals surface area contributed by atoms with Gasteiger partial charge < -0.3 is 31.1 Å². The van der Waals surface area contributed by atoms with E-state index in [-0.39, 0.29) is 29.8 Å². The summed E-state index contributed by atoms with van der Waals surface area (Å²) in [6.07, 6.45) is -26.4. The van der Waals surface area contributed by atoms with Crippen LogP contribution in [0.5, 0.6) is 0 Å². The first-order chi connectivity index (χ1) is 27.3. The summed E-state index contributed by atoms with van der Waals surface area (Å²) in [5.74, 6) is -7.06. The minimum Gasteiger partial charge on any atom is -0.478 e. The number of rotatable bonds is 11. The minimum atomic E-state index is -6.66. The molecule has 0 aliphatic rings. The van der Waals surface area contributed by atoms with Crippen molar-refractivity contribution in [1.29, 1.82) is 0 Å². The normalized spacial score (nSPS) is 12.8. The summed E-state index contributed by atoms with van der Waals surface area (Å²) in [6, 6.07) is 5.50. The lowest BCUT2D eigenvalue weighted by atomic mass is 9.86. The number of carbonyl (C=O) groups excluding carboxylic acids is 3. The molecule has 320 valence electrons. The molecule has 4 aromatic rings. The third-order valence-electron chi connectivity index (χ3n) is 8.87. The summed E-state index contributed by atoms with van der Waals surface area (Å²) in [5.41, 5.74) is -23.9. The number of aromatic carboxylic acids is 2. The van der Waals surface area contributed by atoms with Crippen LogP contribution in [-0.2, 0) is 11.2 Å². The van der Waals surface area contributed by atoms with Gasteiger partial charge in [-0.05, 0) is 78.7 Å². The van der Waals surface area contributed by atoms with Crippen molar-refractivity contribution in [2.45, 2.75) is 42.8 Å². The summed E-state index contributed by atoms with van der Waals surface area (Å²) in [4.78, 5) is 62.7. The molecule has 23 heteroatoms. The second kappa shape index (κ2) is 15.6. The van der Waals surface area contributed by atoms with Crippen molar-refractivity contribution >= 4 is 40.8 Å². The molecule has 0 atom stereocenters. The Morgan fingerprint density at radius 2 is 0.867 bits per heavy atom. The molecular formula is C37H24F12N2O9. The van der Waals surface area contributed by atoms with Crippen LogP contribution in [0.3, 0.4) is 0 Å². The van der Waals surface area contributed by atoms with E-state index in [0.717, 1.165) is 38.2 Å². The number of anilines is 2. The van der Waals surface area contributed by atoms with Crippen molar-refractivity contribution in [2.75, 3.05) is 17.7 Å². The Kier molecular flexibility index (Phi) is 12.0. The minimum absolute atomic E-state index is 0.0924. The molecule has 0 aliphatic carbocycles. The first-order valence-electron chi connectivity index (χ1n) is 16.1. The summed E-state index contributed by atoms with van der Waals surface area (Å²) in [5, 5.41) is 43.3. The molecule has 4 rings (SSSR count). The molecule has 4 aromatic carbocycles. The molecule has 6 N–H and O–H groups in total. The zero-order valence-corrected chi connectivity index (χ0v) is 29.8.